The highest BCUT2D eigenvalue weighted by Gasteiger charge is 2.35. The molecule has 48 heavy (non-hydrogen) atoms. The number of nitrogens with one attached hydrogen (secondary N) is 1. The number of halogens is 2. The van der Waals surface area contributed by atoms with Crippen molar-refractivity contribution in [1.29, 1.82) is 0 Å². The van der Waals surface area contributed by atoms with Crippen molar-refractivity contribution in [2.45, 2.75) is 51.5 Å². The van der Waals surface area contributed by atoms with Crippen LogP contribution in [0, 0.1) is 0 Å². The summed E-state index contributed by atoms with van der Waals surface area (Å²) in [5.74, 6) is 0.118. The molecule has 2 amide bonds. The SMILES string of the molecule is C[C@@H]1Cn2c(c(C(=O)NCc3ccccc3-c3ccnc(N)n3)n(-c3ccc(OC4CC4)cc3)c2=O)CN1C(=O)c1ccc(Br)c(Cl)c1. The van der Waals surface area contributed by atoms with Gasteiger partial charge in [0.05, 0.1) is 34.7 Å². The second-order valence-corrected chi connectivity index (χ2v) is 13.1. The van der Waals surface area contributed by atoms with Gasteiger partial charge in [0.1, 0.15) is 11.4 Å². The summed E-state index contributed by atoms with van der Waals surface area (Å²) in [5, 5.41) is 3.43. The number of nitrogens with zero attached hydrogens (tertiary/aromatic N) is 5. The van der Waals surface area contributed by atoms with Gasteiger partial charge in [-0.15, -0.1) is 0 Å². The number of anilines is 1. The number of aromatic nitrogens is 4. The molecule has 0 saturated heterocycles. The number of hydrogen-bond acceptors (Lipinski definition) is 7. The van der Waals surface area contributed by atoms with E-state index in [9.17, 15) is 14.4 Å². The van der Waals surface area contributed by atoms with Crippen LogP contribution in [0.5, 0.6) is 5.75 Å². The molecule has 1 saturated carbocycles. The highest BCUT2D eigenvalue weighted by atomic mass is 79.9. The summed E-state index contributed by atoms with van der Waals surface area (Å²) >= 11 is 9.69. The molecule has 0 bridgehead atoms. The highest BCUT2D eigenvalue weighted by molar-refractivity contribution is 9.10. The molecule has 2 aliphatic rings. The number of hydrogen-bond donors (Lipinski definition) is 2. The average molecular weight is 729 g/mol. The minimum atomic E-state index is -0.468. The maximum atomic E-state index is 14.2. The predicted molar refractivity (Wildman–Crippen MR) is 185 cm³/mol. The zero-order chi connectivity index (χ0) is 33.5. The lowest BCUT2D eigenvalue weighted by Crippen LogP contribution is -2.47. The highest BCUT2D eigenvalue weighted by Crippen LogP contribution is 2.30. The number of nitrogen functional groups attached to an aromatic ring is 1. The molecule has 3 heterocycles. The Morgan fingerprint density at radius 3 is 2.58 bits per heavy atom. The largest absolute Gasteiger partial charge is 0.490 e. The number of fused-ring (bicyclic) bond motifs is 1. The Labute approximate surface area is 289 Å². The van der Waals surface area contributed by atoms with Gasteiger partial charge >= 0.3 is 5.69 Å². The van der Waals surface area contributed by atoms with Crippen LogP contribution in [0.4, 0.5) is 5.95 Å². The quantitative estimate of drug-likeness (QED) is 0.212. The third-order valence-electron chi connectivity index (χ3n) is 8.52. The van der Waals surface area contributed by atoms with Gasteiger partial charge in [0.25, 0.3) is 11.8 Å². The van der Waals surface area contributed by atoms with Crippen LogP contribution >= 0.6 is 27.5 Å². The molecule has 0 unspecified atom stereocenters. The number of ether oxygens (including phenoxy) is 1. The molecule has 0 spiro atoms. The minimum absolute atomic E-state index is 0.0400. The first-order chi connectivity index (χ1) is 23.2. The van der Waals surface area contributed by atoms with Gasteiger partial charge in [-0.2, -0.15) is 0 Å². The fourth-order valence-corrected chi connectivity index (χ4v) is 6.34. The third kappa shape index (κ3) is 6.20. The van der Waals surface area contributed by atoms with Gasteiger partial charge in [0.15, 0.2) is 0 Å². The number of nitrogens with two attached hydrogens (primary N) is 1. The van der Waals surface area contributed by atoms with Crippen molar-refractivity contribution in [1.82, 2.24) is 29.3 Å². The first-order valence-electron chi connectivity index (χ1n) is 15.5. The molecular formula is C35H31BrClN7O4. The number of amides is 2. The Balaban J connectivity index is 1.26. The number of rotatable bonds is 8. The molecule has 5 aromatic rings. The van der Waals surface area contributed by atoms with Crippen molar-refractivity contribution < 1.29 is 14.3 Å². The molecule has 1 aliphatic carbocycles. The topological polar surface area (TPSA) is 137 Å². The van der Waals surface area contributed by atoms with E-state index in [-0.39, 0.29) is 55.0 Å². The smallest absolute Gasteiger partial charge is 0.333 e. The van der Waals surface area contributed by atoms with Gasteiger partial charge < -0.3 is 20.7 Å². The van der Waals surface area contributed by atoms with Gasteiger partial charge in [0, 0.05) is 40.9 Å². The molecule has 13 heteroatoms. The van der Waals surface area contributed by atoms with Crippen molar-refractivity contribution in [3.63, 3.8) is 0 Å². The lowest BCUT2D eigenvalue weighted by atomic mass is 10.0. The van der Waals surface area contributed by atoms with Crippen LogP contribution in [0.1, 0.15) is 51.9 Å². The van der Waals surface area contributed by atoms with Crippen LogP contribution in [0.2, 0.25) is 5.02 Å². The van der Waals surface area contributed by atoms with Gasteiger partial charge in [-0.1, -0.05) is 35.9 Å². The molecule has 3 aromatic carbocycles. The van der Waals surface area contributed by atoms with E-state index < -0.39 is 5.91 Å². The van der Waals surface area contributed by atoms with Crippen LogP contribution in [-0.2, 0) is 19.6 Å². The fourth-order valence-electron chi connectivity index (χ4n) is 5.92. The Bertz CT molecular complexity index is 2110. The van der Waals surface area contributed by atoms with E-state index in [1.165, 1.54) is 4.57 Å². The van der Waals surface area contributed by atoms with Gasteiger partial charge in [0.2, 0.25) is 5.95 Å². The molecule has 244 valence electrons. The lowest BCUT2D eigenvalue weighted by molar-refractivity contribution is 0.0610. The number of carbonyl (C=O) groups excluding carboxylic acids is 2. The standard InChI is InChI=1S/C35H31BrClN7O4/c1-20-18-43-30(19-42(20)33(46)21-6-13-27(36)28(37)16-21)31(44(35(43)47)23-7-9-24(10-8-23)48-25-11-12-25)32(45)40-17-22-4-2-3-5-26(22)29-14-15-39-34(38)41-29/h2-10,13-16,20,25H,11-12,17-19H2,1H3,(H,40,45)(H2,38,39,41)/t20-/m1/s1. The summed E-state index contributed by atoms with van der Waals surface area (Å²) in [6.07, 6.45) is 3.83. The summed E-state index contributed by atoms with van der Waals surface area (Å²) in [6.45, 7) is 2.27. The van der Waals surface area contributed by atoms with Crippen molar-refractivity contribution >= 4 is 45.3 Å². The van der Waals surface area contributed by atoms with Gasteiger partial charge in [-0.05, 0) is 89.8 Å². The number of carbonyl (C=O) groups is 2. The zero-order valence-electron chi connectivity index (χ0n) is 25.9. The maximum Gasteiger partial charge on any atom is 0.333 e. The average Bonchev–Trinajstić information content (AvgIpc) is 3.86. The summed E-state index contributed by atoms with van der Waals surface area (Å²) in [5.41, 5.74) is 9.18. The van der Waals surface area contributed by atoms with Gasteiger partial charge in [-0.25, -0.2) is 14.8 Å². The molecular weight excluding hydrogens is 698 g/mol. The van der Waals surface area contributed by atoms with E-state index in [1.54, 1.807) is 64.2 Å². The molecule has 1 aliphatic heterocycles. The Morgan fingerprint density at radius 2 is 1.85 bits per heavy atom. The van der Waals surface area contributed by atoms with Crippen molar-refractivity contribution in [2.75, 3.05) is 5.73 Å². The molecule has 7 rings (SSSR count). The van der Waals surface area contributed by atoms with E-state index in [0.29, 0.717) is 37.9 Å². The molecule has 1 atom stereocenters. The summed E-state index contributed by atoms with van der Waals surface area (Å²) in [4.78, 5) is 52.1. The van der Waals surface area contributed by atoms with Crippen molar-refractivity contribution in [2.24, 2.45) is 0 Å². The van der Waals surface area contributed by atoms with E-state index in [1.807, 2.05) is 31.2 Å². The third-order valence-corrected chi connectivity index (χ3v) is 9.75. The predicted octanol–water partition coefficient (Wildman–Crippen LogP) is 5.61. The molecule has 0 radical (unpaired) electrons. The summed E-state index contributed by atoms with van der Waals surface area (Å²) in [6, 6.07) is 21.1. The number of benzene rings is 3. The maximum absolute atomic E-state index is 14.2. The lowest BCUT2D eigenvalue weighted by Gasteiger charge is -2.34. The van der Waals surface area contributed by atoms with E-state index in [0.717, 1.165) is 24.0 Å². The molecule has 11 nitrogen and oxygen atoms in total. The van der Waals surface area contributed by atoms with E-state index in [2.05, 4.69) is 31.2 Å². The summed E-state index contributed by atoms with van der Waals surface area (Å²) < 4.78 is 9.60. The van der Waals surface area contributed by atoms with Crippen LogP contribution in [0.15, 0.2) is 88.3 Å². The first-order valence-corrected chi connectivity index (χ1v) is 16.7. The Morgan fingerprint density at radius 1 is 1.08 bits per heavy atom. The normalized spacial score (nSPS) is 15.6. The zero-order valence-corrected chi connectivity index (χ0v) is 28.2. The second kappa shape index (κ2) is 12.9. The molecule has 2 aromatic heterocycles. The van der Waals surface area contributed by atoms with E-state index >= 15 is 0 Å². The van der Waals surface area contributed by atoms with Crippen molar-refractivity contribution in [3.8, 4) is 22.7 Å². The first kappa shape index (κ1) is 31.6. The van der Waals surface area contributed by atoms with Crippen LogP contribution in [-0.4, -0.2) is 48.0 Å². The fraction of sp³-hybridized carbons (Fsp3) is 0.229. The Kier molecular flexibility index (Phi) is 8.52. The monoisotopic (exact) mass is 727 g/mol. The van der Waals surface area contributed by atoms with Crippen LogP contribution < -0.4 is 21.5 Å². The second-order valence-electron chi connectivity index (χ2n) is 11.9. The molecule has 1 fully saturated rings. The van der Waals surface area contributed by atoms with E-state index in [4.69, 9.17) is 22.1 Å². The van der Waals surface area contributed by atoms with Crippen LogP contribution in [0.25, 0.3) is 16.9 Å². The Hall–Kier alpha value is -4.94. The van der Waals surface area contributed by atoms with Gasteiger partial charge in [-0.3, -0.25) is 18.7 Å². The van der Waals surface area contributed by atoms with Crippen LogP contribution in [0.3, 0.4) is 0 Å². The minimum Gasteiger partial charge on any atom is -0.490 e. The molecule has 3 N–H and O–H groups in total. The number of imidazole rings is 1. The summed E-state index contributed by atoms with van der Waals surface area (Å²) in [7, 11) is 0. The van der Waals surface area contributed by atoms with Crippen molar-refractivity contribution in [3.05, 3.63) is 121 Å².